The van der Waals surface area contributed by atoms with Gasteiger partial charge in [-0.25, -0.2) is 0 Å². The number of aliphatic hydroxyl groups is 1. The SMILES string of the molecule is CCC(O)(CC)C(C)=O. The Labute approximate surface area is 55.9 Å². The van der Waals surface area contributed by atoms with E-state index in [1.807, 2.05) is 13.8 Å². The molecule has 0 aromatic heterocycles. The highest BCUT2D eigenvalue weighted by molar-refractivity contribution is 5.84. The van der Waals surface area contributed by atoms with E-state index in [0.717, 1.165) is 0 Å². The summed E-state index contributed by atoms with van der Waals surface area (Å²) < 4.78 is 0. The van der Waals surface area contributed by atoms with Crippen LogP contribution in [0.2, 0.25) is 0 Å². The van der Waals surface area contributed by atoms with Crippen molar-refractivity contribution in [3.8, 4) is 0 Å². The fourth-order valence-electron chi connectivity index (χ4n) is 0.748. The van der Waals surface area contributed by atoms with E-state index in [1.54, 1.807) is 0 Å². The smallest absolute Gasteiger partial charge is 0.161 e. The molecule has 0 saturated carbocycles. The number of rotatable bonds is 3. The monoisotopic (exact) mass is 130 g/mol. The summed E-state index contributed by atoms with van der Waals surface area (Å²) in [5.74, 6) is -0.132. The number of carbonyl (C=O) groups is 1. The Hall–Kier alpha value is -0.370. The molecule has 0 aliphatic rings. The van der Waals surface area contributed by atoms with E-state index in [0.29, 0.717) is 12.8 Å². The van der Waals surface area contributed by atoms with Crippen LogP contribution in [0.15, 0.2) is 0 Å². The largest absolute Gasteiger partial charge is 0.382 e. The standard InChI is InChI=1S/C7H14O2/c1-4-7(9,5-2)6(3)8/h9H,4-5H2,1-3H3. The third kappa shape index (κ3) is 1.79. The van der Waals surface area contributed by atoms with Gasteiger partial charge in [-0.15, -0.1) is 0 Å². The van der Waals surface area contributed by atoms with Crippen molar-refractivity contribution in [3.63, 3.8) is 0 Å². The summed E-state index contributed by atoms with van der Waals surface area (Å²) in [5.41, 5.74) is -1.06. The quantitative estimate of drug-likeness (QED) is 0.621. The lowest BCUT2D eigenvalue weighted by molar-refractivity contribution is -0.135. The van der Waals surface area contributed by atoms with Crippen molar-refractivity contribution in [1.29, 1.82) is 0 Å². The van der Waals surface area contributed by atoms with Gasteiger partial charge in [0.05, 0.1) is 0 Å². The van der Waals surface area contributed by atoms with E-state index in [-0.39, 0.29) is 5.78 Å². The molecule has 0 aliphatic carbocycles. The number of carbonyl (C=O) groups excluding carboxylic acids is 1. The van der Waals surface area contributed by atoms with Crippen LogP contribution in [-0.2, 0) is 4.79 Å². The van der Waals surface area contributed by atoms with Crippen molar-refractivity contribution in [3.05, 3.63) is 0 Å². The van der Waals surface area contributed by atoms with Crippen LogP contribution in [0.1, 0.15) is 33.6 Å². The van der Waals surface area contributed by atoms with E-state index >= 15 is 0 Å². The summed E-state index contributed by atoms with van der Waals surface area (Å²) >= 11 is 0. The van der Waals surface area contributed by atoms with E-state index in [1.165, 1.54) is 6.92 Å². The van der Waals surface area contributed by atoms with E-state index < -0.39 is 5.60 Å². The maximum Gasteiger partial charge on any atom is 0.161 e. The van der Waals surface area contributed by atoms with Gasteiger partial charge in [-0.1, -0.05) is 13.8 Å². The molecule has 0 aromatic carbocycles. The molecule has 54 valence electrons. The topological polar surface area (TPSA) is 37.3 Å². The Morgan fingerprint density at radius 2 is 1.78 bits per heavy atom. The number of hydrogen-bond donors (Lipinski definition) is 1. The molecule has 0 bridgehead atoms. The van der Waals surface area contributed by atoms with Crippen LogP contribution >= 0.6 is 0 Å². The summed E-state index contributed by atoms with van der Waals surface area (Å²) in [6, 6.07) is 0. The predicted octanol–water partition coefficient (Wildman–Crippen LogP) is 1.13. The first-order valence-corrected chi connectivity index (χ1v) is 3.30. The minimum Gasteiger partial charge on any atom is -0.382 e. The third-order valence-electron chi connectivity index (χ3n) is 1.83. The zero-order valence-electron chi connectivity index (χ0n) is 6.27. The molecule has 0 aliphatic heterocycles. The van der Waals surface area contributed by atoms with Gasteiger partial charge in [0.15, 0.2) is 5.78 Å². The van der Waals surface area contributed by atoms with Crippen molar-refractivity contribution >= 4 is 5.78 Å². The van der Waals surface area contributed by atoms with E-state index in [2.05, 4.69) is 0 Å². The fourth-order valence-corrected chi connectivity index (χ4v) is 0.748. The van der Waals surface area contributed by atoms with Crippen LogP contribution in [0.4, 0.5) is 0 Å². The van der Waals surface area contributed by atoms with E-state index in [9.17, 15) is 9.90 Å². The average Bonchev–Trinajstić information content (AvgIpc) is 1.86. The second-order valence-corrected chi connectivity index (χ2v) is 2.29. The Kier molecular flexibility index (Phi) is 2.85. The molecular weight excluding hydrogens is 116 g/mol. The van der Waals surface area contributed by atoms with Crippen LogP contribution in [0, 0.1) is 0 Å². The molecule has 0 saturated heterocycles. The average molecular weight is 130 g/mol. The number of hydrogen-bond acceptors (Lipinski definition) is 2. The first kappa shape index (κ1) is 8.63. The molecule has 0 radical (unpaired) electrons. The Morgan fingerprint density at radius 3 is 1.78 bits per heavy atom. The summed E-state index contributed by atoms with van der Waals surface area (Å²) in [7, 11) is 0. The number of ketones is 1. The Balaban J connectivity index is 4.09. The molecule has 1 N–H and O–H groups in total. The molecule has 0 unspecified atom stereocenters. The molecule has 2 nitrogen and oxygen atoms in total. The molecular formula is C7H14O2. The van der Waals surface area contributed by atoms with Gasteiger partial charge in [0.1, 0.15) is 5.60 Å². The molecule has 0 spiro atoms. The van der Waals surface area contributed by atoms with Gasteiger partial charge in [-0.2, -0.15) is 0 Å². The van der Waals surface area contributed by atoms with Crippen molar-refractivity contribution in [1.82, 2.24) is 0 Å². The molecule has 9 heavy (non-hydrogen) atoms. The molecule has 0 rings (SSSR count). The molecule has 0 amide bonds. The fraction of sp³-hybridized carbons (Fsp3) is 0.857. The summed E-state index contributed by atoms with van der Waals surface area (Å²) in [4.78, 5) is 10.7. The van der Waals surface area contributed by atoms with Gasteiger partial charge < -0.3 is 5.11 Å². The summed E-state index contributed by atoms with van der Waals surface area (Å²) in [6.45, 7) is 5.04. The van der Waals surface area contributed by atoms with Crippen molar-refractivity contribution in [2.45, 2.75) is 39.2 Å². The third-order valence-corrected chi connectivity index (χ3v) is 1.83. The predicted molar refractivity (Wildman–Crippen MR) is 36.2 cm³/mol. The normalized spacial score (nSPS) is 11.6. The molecule has 2 heteroatoms. The van der Waals surface area contributed by atoms with Gasteiger partial charge in [0.25, 0.3) is 0 Å². The van der Waals surface area contributed by atoms with Gasteiger partial charge in [0, 0.05) is 0 Å². The van der Waals surface area contributed by atoms with Crippen LogP contribution in [-0.4, -0.2) is 16.5 Å². The lowest BCUT2D eigenvalue weighted by Crippen LogP contribution is -2.34. The summed E-state index contributed by atoms with van der Waals surface area (Å²) in [5, 5.41) is 9.36. The molecule has 0 atom stereocenters. The zero-order chi connectivity index (χ0) is 7.49. The minimum absolute atomic E-state index is 0.132. The lowest BCUT2D eigenvalue weighted by Gasteiger charge is -2.20. The molecule has 0 heterocycles. The summed E-state index contributed by atoms with van der Waals surface area (Å²) in [6.07, 6.45) is 1.03. The van der Waals surface area contributed by atoms with Crippen molar-refractivity contribution in [2.24, 2.45) is 0 Å². The second-order valence-electron chi connectivity index (χ2n) is 2.29. The second kappa shape index (κ2) is 2.97. The maximum absolute atomic E-state index is 10.7. The molecule has 0 fully saturated rings. The number of Topliss-reactive ketones (excluding diaryl/α,β-unsaturated/α-hetero) is 1. The van der Waals surface area contributed by atoms with Crippen molar-refractivity contribution < 1.29 is 9.90 Å². The van der Waals surface area contributed by atoms with Crippen molar-refractivity contribution in [2.75, 3.05) is 0 Å². The van der Waals surface area contributed by atoms with Gasteiger partial charge in [-0.3, -0.25) is 4.79 Å². The Morgan fingerprint density at radius 1 is 1.44 bits per heavy atom. The highest BCUT2D eigenvalue weighted by atomic mass is 16.3. The van der Waals surface area contributed by atoms with Gasteiger partial charge >= 0.3 is 0 Å². The van der Waals surface area contributed by atoms with E-state index in [4.69, 9.17) is 0 Å². The molecule has 0 aromatic rings. The minimum atomic E-state index is -1.06. The van der Waals surface area contributed by atoms with Crippen LogP contribution in [0.5, 0.6) is 0 Å². The van der Waals surface area contributed by atoms with Gasteiger partial charge in [0.2, 0.25) is 0 Å². The van der Waals surface area contributed by atoms with Gasteiger partial charge in [-0.05, 0) is 19.8 Å². The first-order valence-electron chi connectivity index (χ1n) is 3.30. The van der Waals surface area contributed by atoms with Crippen LogP contribution in [0.25, 0.3) is 0 Å². The maximum atomic E-state index is 10.7. The Bertz CT molecular complexity index is 103. The van der Waals surface area contributed by atoms with Crippen LogP contribution < -0.4 is 0 Å². The zero-order valence-corrected chi connectivity index (χ0v) is 6.27. The lowest BCUT2D eigenvalue weighted by atomic mass is 9.93. The first-order chi connectivity index (χ1) is 4.06. The van der Waals surface area contributed by atoms with Crippen LogP contribution in [0.3, 0.4) is 0 Å². The highest BCUT2D eigenvalue weighted by Gasteiger charge is 2.27. The highest BCUT2D eigenvalue weighted by Crippen LogP contribution is 2.14.